The molecule has 1 saturated heterocycles. The lowest BCUT2D eigenvalue weighted by atomic mass is 10.2. The van der Waals surface area contributed by atoms with Crippen molar-refractivity contribution < 1.29 is 23.2 Å². The van der Waals surface area contributed by atoms with Crippen LogP contribution in [0, 0.1) is 6.92 Å². The number of aromatic nitrogens is 4. The number of aryl methyl sites for hydroxylation is 1. The maximum atomic E-state index is 12.8. The fraction of sp³-hybridized carbons (Fsp3) is 0.444. The highest BCUT2D eigenvalue weighted by molar-refractivity contribution is 5.93. The second kappa shape index (κ2) is 7.95. The van der Waals surface area contributed by atoms with Crippen molar-refractivity contribution >= 4 is 5.91 Å². The van der Waals surface area contributed by atoms with Gasteiger partial charge in [-0.1, -0.05) is 5.16 Å². The summed E-state index contributed by atoms with van der Waals surface area (Å²) in [7, 11) is 1.57. The summed E-state index contributed by atoms with van der Waals surface area (Å²) in [4.78, 5) is 18.8. The fourth-order valence-electron chi connectivity index (χ4n) is 3.08. The van der Waals surface area contributed by atoms with E-state index in [9.17, 15) is 4.79 Å². The van der Waals surface area contributed by atoms with Crippen LogP contribution >= 0.6 is 0 Å². The van der Waals surface area contributed by atoms with Gasteiger partial charge in [0.15, 0.2) is 17.3 Å². The molecule has 1 aliphatic rings. The number of hydrogen-bond donors (Lipinski definition) is 1. The van der Waals surface area contributed by atoms with Crippen molar-refractivity contribution in [2.45, 2.75) is 26.1 Å². The molecule has 4 heterocycles. The number of rotatable bonds is 6. The first kappa shape index (κ1) is 18.4. The highest BCUT2D eigenvalue weighted by Gasteiger charge is 2.28. The molecule has 10 heteroatoms. The van der Waals surface area contributed by atoms with Gasteiger partial charge in [-0.25, -0.2) is 0 Å². The van der Waals surface area contributed by atoms with Gasteiger partial charge in [-0.05, 0) is 19.1 Å². The topological polar surface area (TPSA) is 120 Å². The van der Waals surface area contributed by atoms with E-state index in [1.165, 1.54) is 0 Å². The van der Waals surface area contributed by atoms with Crippen molar-refractivity contribution in [2.24, 2.45) is 0 Å². The predicted octanol–water partition coefficient (Wildman–Crippen LogP) is 1.59. The largest absolute Gasteiger partial charge is 0.460 e. The molecule has 1 amide bonds. The minimum atomic E-state index is -0.223. The van der Waals surface area contributed by atoms with E-state index in [0.717, 1.165) is 5.76 Å². The van der Waals surface area contributed by atoms with Crippen molar-refractivity contribution in [1.29, 1.82) is 0 Å². The molecule has 3 aromatic rings. The van der Waals surface area contributed by atoms with Crippen LogP contribution in [0.1, 0.15) is 28.0 Å². The quantitative estimate of drug-likeness (QED) is 0.677. The Hall–Kier alpha value is -2.98. The lowest BCUT2D eigenvalue weighted by Crippen LogP contribution is -2.46. The number of hydrogen-bond acceptors (Lipinski definition) is 8. The van der Waals surface area contributed by atoms with Crippen LogP contribution in [-0.4, -0.2) is 64.1 Å². The Balaban J connectivity index is 1.39. The predicted molar refractivity (Wildman–Crippen MR) is 95.4 cm³/mol. The first-order chi connectivity index (χ1) is 13.6. The zero-order valence-corrected chi connectivity index (χ0v) is 15.7. The molecule has 0 aliphatic carbocycles. The Morgan fingerprint density at radius 2 is 2.32 bits per heavy atom. The summed E-state index contributed by atoms with van der Waals surface area (Å²) in [6.07, 6.45) is 0.206. The van der Waals surface area contributed by atoms with E-state index in [1.54, 1.807) is 18.1 Å². The summed E-state index contributed by atoms with van der Waals surface area (Å²) in [5.41, 5.74) is 1.00. The molecule has 1 fully saturated rings. The molecule has 0 radical (unpaired) electrons. The molecule has 0 bridgehead atoms. The van der Waals surface area contributed by atoms with Crippen molar-refractivity contribution in [3.8, 4) is 11.5 Å². The third-order valence-electron chi connectivity index (χ3n) is 4.41. The van der Waals surface area contributed by atoms with Crippen molar-refractivity contribution in [2.75, 3.05) is 26.8 Å². The molecule has 4 rings (SSSR count). The molecule has 1 aliphatic heterocycles. The minimum Gasteiger partial charge on any atom is -0.460 e. The Labute approximate surface area is 160 Å². The Kier molecular flexibility index (Phi) is 5.22. The van der Waals surface area contributed by atoms with Crippen LogP contribution in [0.15, 0.2) is 27.1 Å². The molecule has 1 N–H and O–H groups in total. The summed E-state index contributed by atoms with van der Waals surface area (Å²) in [6.45, 7) is 3.50. The van der Waals surface area contributed by atoms with Gasteiger partial charge >= 0.3 is 0 Å². The number of amides is 1. The molecule has 0 aromatic carbocycles. The van der Waals surface area contributed by atoms with Crippen LogP contribution in [-0.2, 0) is 22.5 Å². The Bertz CT molecular complexity index is 946. The minimum absolute atomic E-state index is 0.162. The van der Waals surface area contributed by atoms with E-state index in [1.807, 2.05) is 19.1 Å². The first-order valence-corrected chi connectivity index (χ1v) is 8.96. The zero-order valence-electron chi connectivity index (χ0n) is 15.7. The zero-order chi connectivity index (χ0) is 19.5. The molecule has 28 heavy (non-hydrogen) atoms. The van der Waals surface area contributed by atoms with Gasteiger partial charge in [0.25, 0.3) is 5.91 Å². The average molecular weight is 387 g/mol. The maximum Gasteiger partial charge on any atom is 0.274 e. The lowest BCUT2D eigenvalue weighted by molar-refractivity contribution is -0.0239. The van der Waals surface area contributed by atoms with E-state index in [0.29, 0.717) is 55.0 Å². The Morgan fingerprint density at radius 3 is 3.11 bits per heavy atom. The van der Waals surface area contributed by atoms with E-state index in [4.69, 9.17) is 18.4 Å². The first-order valence-electron chi connectivity index (χ1n) is 8.96. The van der Waals surface area contributed by atoms with Crippen LogP contribution in [0.5, 0.6) is 0 Å². The summed E-state index contributed by atoms with van der Waals surface area (Å²) < 4.78 is 21.5. The SMILES string of the molecule is COCc1noc(CC2CN(C(=O)c3cc(-c4ccc(C)o4)[nH]n3)CCO2)n1. The van der Waals surface area contributed by atoms with Crippen LogP contribution in [0.25, 0.3) is 11.5 Å². The van der Waals surface area contributed by atoms with Gasteiger partial charge in [0, 0.05) is 26.3 Å². The monoisotopic (exact) mass is 387 g/mol. The van der Waals surface area contributed by atoms with Crippen LogP contribution in [0.3, 0.4) is 0 Å². The fourth-order valence-corrected chi connectivity index (χ4v) is 3.08. The Morgan fingerprint density at radius 1 is 1.43 bits per heavy atom. The maximum absolute atomic E-state index is 12.8. The summed E-state index contributed by atoms with van der Waals surface area (Å²) in [5, 5.41) is 10.8. The number of aromatic amines is 1. The van der Waals surface area contributed by atoms with E-state index in [-0.39, 0.29) is 18.6 Å². The third kappa shape index (κ3) is 3.97. The molecule has 1 atom stereocenters. The van der Waals surface area contributed by atoms with Gasteiger partial charge in [-0.3, -0.25) is 9.89 Å². The van der Waals surface area contributed by atoms with Crippen molar-refractivity contribution in [3.05, 3.63) is 41.4 Å². The highest BCUT2D eigenvalue weighted by atomic mass is 16.5. The molecule has 0 saturated carbocycles. The van der Waals surface area contributed by atoms with Gasteiger partial charge in [0.1, 0.15) is 18.1 Å². The molecule has 0 spiro atoms. The van der Waals surface area contributed by atoms with E-state index in [2.05, 4.69) is 20.3 Å². The van der Waals surface area contributed by atoms with Gasteiger partial charge in [-0.15, -0.1) is 0 Å². The molecule has 3 aromatic heterocycles. The number of nitrogens with zero attached hydrogens (tertiary/aromatic N) is 4. The number of carbonyl (C=O) groups is 1. The number of morpholine rings is 1. The van der Waals surface area contributed by atoms with Crippen LogP contribution in [0.4, 0.5) is 0 Å². The normalized spacial score (nSPS) is 17.2. The van der Waals surface area contributed by atoms with E-state index < -0.39 is 0 Å². The number of ether oxygens (including phenoxy) is 2. The van der Waals surface area contributed by atoms with Gasteiger partial charge in [-0.2, -0.15) is 10.1 Å². The summed E-state index contributed by atoms with van der Waals surface area (Å²) >= 11 is 0. The number of carbonyl (C=O) groups excluding carboxylic acids is 1. The van der Waals surface area contributed by atoms with Crippen LogP contribution < -0.4 is 0 Å². The lowest BCUT2D eigenvalue weighted by Gasteiger charge is -2.31. The third-order valence-corrected chi connectivity index (χ3v) is 4.41. The van der Waals surface area contributed by atoms with E-state index >= 15 is 0 Å². The number of nitrogens with one attached hydrogen (secondary N) is 1. The number of furan rings is 1. The number of H-pyrrole nitrogens is 1. The van der Waals surface area contributed by atoms with Crippen LogP contribution in [0.2, 0.25) is 0 Å². The van der Waals surface area contributed by atoms with Gasteiger partial charge in [0.2, 0.25) is 5.89 Å². The average Bonchev–Trinajstić information content (AvgIpc) is 3.43. The van der Waals surface area contributed by atoms with Gasteiger partial charge in [0.05, 0.1) is 19.1 Å². The second-order valence-electron chi connectivity index (χ2n) is 6.56. The molecule has 148 valence electrons. The van der Waals surface area contributed by atoms with Gasteiger partial charge < -0.3 is 23.3 Å². The molecule has 1 unspecified atom stereocenters. The van der Waals surface area contributed by atoms with Crippen molar-refractivity contribution in [3.63, 3.8) is 0 Å². The smallest absolute Gasteiger partial charge is 0.274 e. The molecular weight excluding hydrogens is 366 g/mol. The standard InChI is InChI=1S/C18H21N5O5/c1-11-3-4-15(27-11)13-8-14(21-20-13)18(24)23-5-6-26-12(9-23)7-17-19-16(10-25-2)22-28-17/h3-4,8,12H,5-7,9-10H2,1-2H3,(H,20,21). The summed E-state index contributed by atoms with van der Waals surface area (Å²) in [5.74, 6) is 2.22. The molecular formula is C18H21N5O5. The second-order valence-corrected chi connectivity index (χ2v) is 6.56. The summed E-state index contributed by atoms with van der Waals surface area (Å²) in [6, 6.07) is 5.39. The highest BCUT2D eigenvalue weighted by Crippen LogP contribution is 2.21. The number of methoxy groups -OCH3 is 1. The van der Waals surface area contributed by atoms with Crippen molar-refractivity contribution in [1.82, 2.24) is 25.2 Å². The molecule has 10 nitrogen and oxygen atoms in total.